The molecule has 1 aromatic carbocycles. The molecule has 0 aromatic heterocycles. The van der Waals surface area contributed by atoms with E-state index >= 15 is 0 Å². The third kappa shape index (κ3) is 3.73. The van der Waals surface area contributed by atoms with E-state index in [4.69, 9.17) is 5.73 Å². The van der Waals surface area contributed by atoms with Crippen molar-refractivity contribution in [3.8, 4) is 0 Å². The Morgan fingerprint density at radius 2 is 2.05 bits per heavy atom. The second kappa shape index (κ2) is 5.37. The lowest BCUT2D eigenvalue weighted by Crippen LogP contribution is -2.33. The fourth-order valence-electron chi connectivity index (χ4n) is 2.47. The molecule has 0 amide bonds. The third-order valence-electron chi connectivity index (χ3n) is 3.60. The predicted octanol–water partition coefficient (Wildman–Crippen LogP) is 2.01. The van der Waals surface area contributed by atoms with Gasteiger partial charge in [-0.1, -0.05) is 18.2 Å². The van der Waals surface area contributed by atoms with Crippen LogP contribution in [-0.2, 0) is 22.4 Å². The molecule has 112 valence electrons. The van der Waals surface area contributed by atoms with Gasteiger partial charge in [0.2, 0.25) is 0 Å². The van der Waals surface area contributed by atoms with Crippen molar-refractivity contribution in [1.29, 1.82) is 0 Å². The first-order chi connectivity index (χ1) is 9.17. The van der Waals surface area contributed by atoms with Crippen molar-refractivity contribution in [3.05, 3.63) is 35.4 Å². The first-order valence-corrected chi connectivity index (χ1v) is 8.12. The largest absolute Gasteiger partial charge is 0.416 e. The van der Waals surface area contributed by atoms with Crippen molar-refractivity contribution in [3.63, 3.8) is 0 Å². The van der Waals surface area contributed by atoms with Gasteiger partial charge in [0.05, 0.1) is 17.1 Å². The van der Waals surface area contributed by atoms with Gasteiger partial charge in [-0.25, -0.2) is 8.42 Å². The van der Waals surface area contributed by atoms with E-state index < -0.39 is 27.6 Å². The molecule has 1 heterocycles. The molecule has 1 fully saturated rings. The summed E-state index contributed by atoms with van der Waals surface area (Å²) < 4.78 is 60.6. The zero-order valence-electron chi connectivity index (χ0n) is 10.7. The first-order valence-electron chi connectivity index (χ1n) is 6.29. The van der Waals surface area contributed by atoms with Crippen LogP contribution in [0.15, 0.2) is 24.3 Å². The van der Waals surface area contributed by atoms with Crippen molar-refractivity contribution >= 4 is 9.84 Å². The number of nitrogens with two attached hydrogens (primary N) is 1. The van der Waals surface area contributed by atoms with Crippen LogP contribution >= 0.6 is 0 Å². The van der Waals surface area contributed by atoms with Crippen molar-refractivity contribution in [1.82, 2.24) is 0 Å². The highest BCUT2D eigenvalue weighted by Crippen LogP contribution is 2.30. The zero-order chi connectivity index (χ0) is 15.0. The van der Waals surface area contributed by atoms with E-state index in [2.05, 4.69) is 0 Å². The summed E-state index contributed by atoms with van der Waals surface area (Å²) >= 11 is 0. The molecule has 3 nitrogen and oxygen atoms in total. The number of rotatable bonds is 3. The quantitative estimate of drug-likeness (QED) is 0.929. The number of alkyl halides is 3. The summed E-state index contributed by atoms with van der Waals surface area (Å²) in [6, 6.07) is 4.57. The Morgan fingerprint density at radius 1 is 1.35 bits per heavy atom. The van der Waals surface area contributed by atoms with E-state index in [1.54, 1.807) is 6.07 Å². The van der Waals surface area contributed by atoms with Crippen molar-refractivity contribution in [2.75, 3.05) is 11.5 Å². The van der Waals surface area contributed by atoms with Crippen LogP contribution in [0, 0.1) is 5.92 Å². The van der Waals surface area contributed by atoms with Gasteiger partial charge in [-0.05, 0) is 30.4 Å². The molecule has 7 heteroatoms. The van der Waals surface area contributed by atoms with E-state index in [1.807, 2.05) is 0 Å². The number of hydrogen-bond acceptors (Lipinski definition) is 3. The van der Waals surface area contributed by atoms with Crippen LogP contribution in [0.3, 0.4) is 0 Å². The van der Waals surface area contributed by atoms with Crippen LogP contribution in [0.5, 0.6) is 0 Å². The van der Waals surface area contributed by atoms with Crippen LogP contribution in [0.4, 0.5) is 13.2 Å². The molecular formula is C13H16F3NO2S. The number of halogens is 3. The Hall–Kier alpha value is -1.08. The Kier molecular flexibility index (Phi) is 4.11. The fourth-order valence-corrected chi connectivity index (χ4v) is 4.37. The fraction of sp³-hybridized carbons (Fsp3) is 0.538. The summed E-state index contributed by atoms with van der Waals surface area (Å²) in [5.41, 5.74) is 5.72. The number of hydrogen-bond donors (Lipinski definition) is 1. The Balaban J connectivity index is 2.07. The van der Waals surface area contributed by atoms with Crippen molar-refractivity contribution in [2.24, 2.45) is 11.7 Å². The highest BCUT2D eigenvalue weighted by molar-refractivity contribution is 7.91. The van der Waals surface area contributed by atoms with Gasteiger partial charge in [0, 0.05) is 6.04 Å². The molecule has 0 saturated carbocycles. The summed E-state index contributed by atoms with van der Waals surface area (Å²) in [6.07, 6.45) is -3.64. The second-order valence-corrected chi connectivity index (χ2v) is 7.46. The summed E-state index contributed by atoms with van der Waals surface area (Å²) in [7, 11) is -3.02. The average molecular weight is 307 g/mol. The molecule has 1 aromatic rings. The van der Waals surface area contributed by atoms with Gasteiger partial charge in [-0.15, -0.1) is 0 Å². The van der Waals surface area contributed by atoms with Gasteiger partial charge < -0.3 is 5.73 Å². The molecule has 1 saturated heterocycles. The van der Waals surface area contributed by atoms with E-state index in [1.165, 1.54) is 6.07 Å². The van der Waals surface area contributed by atoms with Gasteiger partial charge in [-0.2, -0.15) is 13.2 Å². The minimum atomic E-state index is -4.38. The van der Waals surface area contributed by atoms with Gasteiger partial charge >= 0.3 is 6.18 Å². The molecule has 0 radical (unpaired) electrons. The minimum Gasteiger partial charge on any atom is -0.327 e. The Labute approximate surface area is 115 Å². The van der Waals surface area contributed by atoms with Gasteiger partial charge in [-0.3, -0.25) is 0 Å². The first kappa shape index (κ1) is 15.3. The lowest BCUT2D eigenvalue weighted by molar-refractivity contribution is -0.137. The monoisotopic (exact) mass is 307 g/mol. The molecule has 1 aliphatic rings. The van der Waals surface area contributed by atoms with Crippen LogP contribution in [-0.4, -0.2) is 26.0 Å². The maximum atomic E-state index is 12.6. The van der Waals surface area contributed by atoms with E-state index in [0.29, 0.717) is 12.0 Å². The third-order valence-corrected chi connectivity index (χ3v) is 5.39. The number of benzene rings is 1. The van der Waals surface area contributed by atoms with E-state index in [-0.39, 0.29) is 23.8 Å². The molecule has 0 aliphatic carbocycles. The summed E-state index contributed by atoms with van der Waals surface area (Å²) in [5.74, 6) is -0.0179. The van der Waals surface area contributed by atoms with Crippen molar-refractivity contribution in [2.45, 2.75) is 25.1 Å². The highest BCUT2D eigenvalue weighted by Gasteiger charge is 2.33. The average Bonchev–Trinajstić information content (AvgIpc) is 2.69. The molecule has 2 atom stereocenters. The highest BCUT2D eigenvalue weighted by atomic mass is 32.2. The van der Waals surface area contributed by atoms with Gasteiger partial charge in [0.25, 0.3) is 0 Å². The van der Waals surface area contributed by atoms with Crippen molar-refractivity contribution < 1.29 is 21.6 Å². The van der Waals surface area contributed by atoms with Gasteiger partial charge in [0.15, 0.2) is 9.84 Å². The molecule has 1 aliphatic heterocycles. The zero-order valence-corrected chi connectivity index (χ0v) is 11.5. The maximum absolute atomic E-state index is 12.6. The van der Waals surface area contributed by atoms with Crippen LogP contribution in [0.25, 0.3) is 0 Å². The smallest absolute Gasteiger partial charge is 0.327 e. The molecule has 2 unspecified atom stereocenters. The van der Waals surface area contributed by atoms with E-state index in [9.17, 15) is 21.6 Å². The van der Waals surface area contributed by atoms with Gasteiger partial charge in [0.1, 0.15) is 0 Å². The van der Waals surface area contributed by atoms with Crippen LogP contribution < -0.4 is 5.73 Å². The lowest BCUT2D eigenvalue weighted by atomic mass is 9.93. The molecule has 20 heavy (non-hydrogen) atoms. The van der Waals surface area contributed by atoms with Crippen LogP contribution in [0.2, 0.25) is 0 Å². The van der Waals surface area contributed by atoms with Crippen LogP contribution in [0.1, 0.15) is 17.5 Å². The van der Waals surface area contributed by atoms with E-state index in [0.717, 1.165) is 12.1 Å². The topological polar surface area (TPSA) is 60.2 Å². The molecular weight excluding hydrogens is 291 g/mol. The number of sulfone groups is 1. The molecule has 0 spiro atoms. The SMILES string of the molecule is NC(Cc1cccc(C(F)(F)F)c1)C1CCS(=O)(=O)C1. The molecule has 2 rings (SSSR count). The summed E-state index contributed by atoms with van der Waals surface area (Å²) in [6.45, 7) is 0. The molecule has 2 N–H and O–H groups in total. The summed E-state index contributed by atoms with van der Waals surface area (Å²) in [5, 5.41) is 0. The predicted molar refractivity (Wildman–Crippen MR) is 69.9 cm³/mol. The standard InChI is InChI=1S/C13H16F3NO2S/c14-13(15,16)11-3-1-2-9(6-11)7-12(17)10-4-5-20(18,19)8-10/h1-3,6,10,12H,4-5,7-8,17H2. The Bertz CT molecular complexity index is 584. The normalized spacial score (nSPS) is 23.7. The lowest BCUT2D eigenvalue weighted by Gasteiger charge is -2.18. The second-order valence-electron chi connectivity index (χ2n) is 5.23. The molecule has 0 bridgehead atoms. The minimum absolute atomic E-state index is 0.0348. The summed E-state index contributed by atoms with van der Waals surface area (Å²) in [4.78, 5) is 0. The Morgan fingerprint density at radius 3 is 2.60 bits per heavy atom. The maximum Gasteiger partial charge on any atom is 0.416 e.